The first-order chi connectivity index (χ1) is 13.1. The zero-order valence-electron chi connectivity index (χ0n) is 14.7. The van der Waals surface area contributed by atoms with Gasteiger partial charge >= 0.3 is 0 Å². The van der Waals surface area contributed by atoms with Crippen LogP contribution in [0.5, 0.6) is 0 Å². The summed E-state index contributed by atoms with van der Waals surface area (Å²) in [6.45, 7) is 2.32. The fraction of sp³-hybridized carbons (Fsp3) is 0.0952. The van der Waals surface area contributed by atoms with Crippen molar-refractivity contribution in [2.45, 2.75) is 13.5 Å². The number of hydrogen-bond donors (Lipinski definition) is 2. The first-order valence-corrected chi connectivity index (χ1v) is 8.69. The number of nitrogens with zero attached hydrogens (tertiary/aromatic N) is 2. The summed E-state index contributed by atoms with van der Waals surface area (Å²) in [5, 5.41) is 19.7. The van der Waals surface area contributed by atoms with Crippen molar-refractivity contribution >= 4 is 23.6 Å². The van der Waals surface area contributed by atoms with Gasteiger partial charge in [-0.2, -0.15) is 10.4 Å². The van der Waals surface area contributed by atoms with Crippen molar-refractivity contribution in [1.82, 2.24) is 15.5 Å². The van der Waals surface area contributed by atoms with Crippen molar-refractivity contribution in [3.63, 3.8) is 0 Å². The maximum Gasteiger partial charge on any atom is 0.262 e. The van der Waals surface area contributed by atoms with Crippen LogP contribution in [0, 0.1) is 18.3 Å². The number of carbonyl (C=O) groups excluding carboxylic acids is 1. The molecular formula is C21H17ClN4O. The van der Waals surface area contributed by atoms with Gasteiger partial charge in [0.1, 0.15) is 11.6 Å². The van der Waals surface area contributed by atoms with E-state index in [1.165, 1.54) is 6.08 Å². The molecule has 0 aliphatic rings. The van der Waals surface area contributed by atoms with Crippen LogP contribution >= 0.6 is 11.6 Å². The summed E-state index contributed by atoms with van der Waals surface area (Å²) in [5.41, 5.74) is 4.43. The molecule has 6 heteroatoms. The molecule has 0 atom stereocenters. The quantitative estimate of drug-likeness (QED) is 0.515. The predicted molar refractivity (Wildman–Crippen MR) is 106 cm³/mol. The summed E-state index contributed by atoms with van der Waals surface area (Å²) < 4.78 is 0. The third kappa shape index (κ3) is 4.63. The summed E-state index contributed by atoms with van der Waals surface area (Å²) >= 11 is 5.85. The van der Waals surface area contributed by atoms with Crippen LogP contribution in [0.15, 0.2) is 60.3 Å². The van der Waals surface area contributed by atoms with E-state index in [0.29, 0.717) is 17.1 Å². The highest BCUT2D eigenvalue weighted by atomic mass is 35.5. The Bertz CT molecular complexity index is 1010. The van der Waals surface area contributed by atoms with E-state index in [1.54, 1.807) is 18.3 Å². The number of carbonyl (C=O) groups is 1. The largest absolute Gasteiger partial charge is 0.347 e. The molecule has 0 bridgehead atoms. The molecule has 1 aromatic heterocycles. The van der Waals surface area contributed by atoms with Crippen LogP contribution in [0.1, 0.15) is 16.7 Å². The van der Waals surface area contributed by atoms with Crippen LogP contribution in [-0.4, -0.2) is 16.1 Å². The first kappa shape index (κ1) is 18.4. The second kappa shape index (κ2) is 8.35. The number of aryl methyl sites for hydroxylation is 1. The van der Waals surface area contributed by atoms with E-state index in [1.807, 2.05) is 49.4 Å². The monoisotopic (exact) mass is 376 g/mol. The molecule has 3 aromatic rings. The molecule has 2 N–H and O–H groups in total. The minimum Gasteiger partial charge on any atom is -0.347 e. The van der Waals surface area contributed by atoms with Gasteiger partial charge in [-0.25, -0.2) is 0 Å². The number of nitriles is 1. The third-order valence-corrected chi connectivity index (χ3v) is 4.29. The fourth-order valence-electron chi connectivity index (χ4n) is 2.54. The van der Waals surface area contributed by atoms with E-state index in [0.717, 1.165) is 22.4 Å². The molecule has 0 saturated carbocycles. The number of amides is 1. The van der Waals surface area contributed by atoms with Crippen LogP contribution in [0.4, 0.5) is 0 Å². The molecule has 27 heavy (non-hydrogen) atoms. The van der Waals surface area contributed by atoms with Crippen LogP contribution < -0.4 is 5.32 Å². The summed E-state index contributed by atoms with van der Waals surface area (Å²) in [4.78, 5) is 12.4. The van der Waals surface area contributed by atoms with E-state index in [-0.39, 0.29) is 5.57 Å². The Labute approximate surface area is 162 Å². The maximum atomic E-state index is 12.4. The normalized spacial score (nSPS) is 11.1. The molecule has 0 spiro atoms. The Kier molecular flexibility index (Phi) is 5.70. The highest BCUT2D eigenvalue weighted by molar-refractivity contribution is 6.30. The van der Waals surface area contributed by atoms with E-state index < -0.39 is 5.91 Å². The SMILES string of the molecule is Cc1ccc(-c2[nH]ncc2C=C(C#N)C(=O)NCc2ccc(Cl)cc2)cc1. The molecule has 0 aliphatic carbocycles. The zero-order valence-corrected chi connectivity index (χ0v) is 15.4. The molecule has 1 heterocycles. The molecule has 3 rings (SSSR count). The van der Waals surface area contributed by atoms with E-state index in [9.17, 15) is 10.1 Å². The minimum atomic E-state index is -0.441. The van der Waals surface area contributed by atoms with Crippen LogP contribution in [0.25, 0.3) is 17.3 Å². The van der Waals surface area contributed by atoms with Gasteiger partial charge in [0.2, 0.25) is 0 Å². The first-order valence-electron chi connectivity index (χ1n) is 8.31. The highest BCUT2D eigenvalue weighted by Gasteiger charge is 2.12. The molecule has 0 unspecified atom stereocenters. The number of hydrogen-bond acceptors (Lipinski definition) is 3. The molecule has 2 aromatic carbocycles. The van der Waals surface area contributed by atoms with Crippen molar-refractivity contribution in [1.29, 1.82) is 5.26 Å². The van der Waals surface area contributed by atoms with Gasteiger partial charge in [0, 0.05) is 22.7 Å². The van der Waals surface area contributed by atoms with Gasteiger partial charge in [-0.05, 0) is 30.7 Å². The highest BCUT2D eigenvalue weighted by Crippen LogP contribution is 2.23. The molecule has 0 radical (unpaired) electrons. The molecule has 5 nitrogen and oxygen atoms in total. The lowest BCUT2D eigenvalue weighted by Gasteiger charge is -2.05. The van der Waals surface area contributed by atoms with Crippen molar-refractivity contribution in [3.8, 4) is 17.3 Å². The van der Waals surface area contributed by atoms with Gasteiger partial charge in [-0.15, -0.1) is 0 Å². The Balaban J connectivity index is 1.77. The standard InChI is InChI=1S/C21H17ClN4O/c1-14-2-6-16(7-3-14)20-18(13-25-26-20)10-17(11-23)21(27)24-12-15-4-8-19(22)9-5-15/h2-10,13H,12H2,1H3,(H,24,27)(H,25,26). The summed E-state index contributed by atoms with van der Waals surface area (Å²) in [7, 11) is 0. The van der Waals surface area contributed by atoms with Gasteiger partial charge in [-0.1, -0.05) is 53.6 Å². The molecule has 0 saturated heterocycles. The number of benzene rings is 2. The third-order valence-electron chi connectivity index (χ3n) is 4.04. The minimum absolute atomic E-state index is 0.0127. The van der Waals surface area contributed by atoms with E-state index >= 15 is 0 Å². The van der Waals surface area contributed by atoms with Crippen LogP contribution in [0.2, 0.25) is 5.02 Å². The fourth-order valence-corrected chi connectivity index (χ4v) is 2.67. The molecular weight excluding hydrogens is 360 g/mol. The Morgan fingerprint density at radius 3 is 2.59 bits per heavy atom. The summed E-state index contributed by atoms with van der Waals surface area (Å²) in [5.74, 6) is -0.441. The average Bonchev–Trinajstić information content (AvgIpc) is 3.14. The van der Waals surface area contributed by atoms with Crippen LogP contribution in [0.3, 0.4) is 0 Å². The van der Waals surface area contributed by atoms with E-state index in [4.69, 9.17) is 11.6 Å². The smallest absolute Gasteiger partial charge is 0.262 e. The van der Waals surface area contributed by atoms with Gasteiger partial charge in [-0.3, -0.25) is 9.89 Å². The zero-order chi connectivity index (χ0) is 19.2. The summed E-state index contributed by atoms with van der Waals surface area (Å²) in [6.07, 6.45) is 3.13. The number of rotatable bonds is 5. The molecule has 1 amide bonds. The second-order valence-corrected chi connectivity index (χ2v) is 6.48. The average molecular weight is 377 g/mol. The predicted octanol–water partition coefficient (Wildman–Crippen LogP) is 4.26. The molecule has 134 valence electrons. The lowest BCUT2D eigenvalue weighted by molar-refractivity contribution is -0.117. The van der Waals surface area contributed by atoms with Gasteiger partial charge in [0.15, 0.2) is 0 Å². The number of H-pyrrole nitrogens is 1. The molecule has 0 fully saturated rings. The molecule has 0 aliphatic heterocycles. The van der Waals surface area contributed by atoms with Crippen molar-refractivity contribution < 1.29 is 4.79 Å². The summed E-state index contributed by atoms with van der Waals surface area (Å²) in [6, 6.07) is 17.0. The topological polar surface area (TPSA) is 81.6 Å². The lowest BCUT2D eigenvalue weighted by Crippen LogP contribution is -2.23. The van der Waals surface area contributed by atoms with Gasteiger partial charge < -0.3 is 5.32 Å². The van der Waals surface area contributed by atoms with E-state index in [2.05, 4.69) is 15.5 Å². The van der Waals surface area contributed by atoms with Crippen molar-refractivity contribution in [2.75, 3.05) is 0 Å². The van der Waals surface area contributed by atoms with Crippen molar-refractivity contribution in [3.05, 3.63) is 82.0 Å². The van der Waals surface area contributed by atoms with Crippen LogP contribution in [-0.2, 0) is 11.3 Å². The Hall–Kier alpha value is -3.36. The van der Waals surface area contributed by atoms with Crippen molar-refractivity contribution in [2.24, 2.45) is 0 Å². The van der Waals surface area contributed by atoms with Gasteiger partial charge in [0.05, 0.1) is 11.9 Å². The Morgan fingerprint density at radius 1 is 1.22 bits per heavy atom. The number of nitrogens with one attached hydrogen (secondary N) is 2. The number of aromatic nitrogens is 2. The number of halogens is 1. The second-order valence-electron chi connectivity index (χ2n) is 6.05. The van der Waals surface area contributed by atoms with Gasteiger partial charge in [0.25, 0.3) is 5.91 Å². The number of aromatic amines is 1. The Morgan fingerprint density at radius 2 is 1.93 bits per heavy atom. The lowest BCUT2D eigenvalue weighted by atomic mass is 10.0. The maximum absolute atomic E-state index is 12.4.